The summed E-state index contributed by atoms with van der Waals surface area (Å²) in [5.74, 6) is -2.93. The molecule has 19 heteroatoms. The van der Waals surface area contributed by atoms with E-state index < -0.39 is 67.4 Å². The van der Waals surface area contributed by atoms with Gasteiger partial charge in [-0.2, -0.15) is 0 Å². The van der Waals surface area contributed by atoms with Gasteiger partial charge in [-0.25, -0.2) is 9.59 Å². The summed E-state index contributed by atoms with van der Waals surface area (Å²) in [6.45, 7) is 19.5. The molecule has 4 saturated carbocycles. The zero-order chi connectivity index (χ0) is 57.6. The predicted octanol–water partition coefficient (Wildman–Crippen LogP) is 6.97. The van der Waals surface area contributed by atoms with Gasteiger partial charge in [-0.05, 0) is 149 Å². The Morgan fingerprint density at radius 3 is 0.818 bits per heavy atom. The van der Waals surface area contributed by atoms with Crippen LogP contribution >= 0.6 is 0 Å². The summed E-state index contributed by atoms with van der Waals surface area (Å²) in [5, 5.41) is 23.7. The van der Waals surface area contributed by atoms with Crippen molar-refractivity contribution in [3.8, 4) is 0 Å². The second kappa shape index (κ2) is 26.8. The van der Waals surface area contributed by atoms with Gasteiger partial charge in [0, 0.05) is 51.9 Å². The Balaban J connectivity index is 1.31. The number of nitrogens with one attached hydrogen (secondary N) is 8. The van der Waals surface area contributed by atoms with Gasteiger partial charge >= 0.3 is 12.1 Å². The Kier molecular flexibility index (Phi) is 22.5. The van der Waals surface area contributed by atoms with E-state index in [0.717, 1.165) is 103 Å². The Morgan fingerprint density at radius 2 is 0.584 bits per heavy atom. The Labute approximate surface area is 460 Å². The highest BCUT2D eigenvalue weighted by atomic mass is 16.6. The molecule has 77 heavy (non-hydrogen) atoms. The van der Waals surface area contributed by atoms with Gasteiger partial charge in [-0.15, -0.1) is 0 Å². The van der Waals surface area contributed by atoms with Crippen molar-refractivity contribution >= 4 is 53.4 Å². The van der Waals surface area contributed by atoms with Crippen molar-refractivity contribution in [2.75, 3.05) is 33.3 Å². The third-order valence-corrected chi connectivity index (χ3v) is 16.9. The number of rotatable bonds is 24. The summed E-state index contributed by atoms with van der Waals surface area (Å²) in [4.78, 5) is 121. The normalized spacial score (nSPS) is 19.4. The molecule has 0 aliphatic heterocycles. The molecule has 0 atom stereocenters. The van der Waals surface area contributed by atoms with Crippen LogP contribution in [0.2, 0.25) is 0 Å². The number of hydrogen-bond donors (Lipinski definition) is 8. The van der Waals surface area contributed by atoms with Crippen LogP contribution in [0.4, 0.5) is 4.79 Å². The summed E-state index contributed by atoms with van der Waals surface area (Å²) in [6.07, 6.45) is 17.0. The maximum absolute atomic E-state index is 14.0. The highest BCUT2D eigenvalue weighted by Crippen LogP contribution is 2.43. The Morgan fingerprint density at radius 1 is 0.351 bits per heavy atom. The highest BCUT2D eigenvalue weighted by molar-refractivity contribution is 5.93. The van der Waals surface area contributed by atoms with Gasteiger partial charge in [0.25, 0.3) is 0 Å². The van der Waals surface area contributed by atoms with Crippen molar-refractivity contribution in [2.24, 2.45) is 21.7 Å². The number of methoxy groups -OCH3 is 1. The molecule has 0 aromatic rings. The van der Waals surface area contributed by atoms with Crippen LogP contribution in [0.5, 0.6) is 0 Å². The van der Waals surface area contributed by atoms with E-state index >= 15 is 0 Å². The molecule has 0 unspecified atom stereocenters. The van der Waals surface area contributed by atoms with Crippen LogP contribution in [0.15, 0.2) is 0 Å². The lowest BCUT2D eigenvalue weighted by Gasteiger charge is -2.40. The largest absolute Gasteiger partial charge is 0.467 e. The third kappa shape index (κ3) is 20.0. The van der Waals surface area contributed by atoms with E-state index in [2.05, 4.69) is 42.5 Å². The van der Waals surface area contributed by atoms with E-state index in [9.17, 15) is 43.2 Å². The molecule has 0 radical (unpaired) electrons. The van der Waals surface area contributed by atoms with Gasteiger partial charge in [0.05, 0.1) is 7.11 Å². The molecule has 0 spiro atoms. The predicted molar refractivity (Wildman–Crippen MR) is 295 cm³/mol. The smallest absolute Gasteiger partial charge is 0.407 e. The minimum absolute atomic E-state index is 0.0830. The lowest BCUT2D eigenvalue weighted by molar-refractivity contribution is -0.149. The van der Waals surface area contributed by atoms with E-state index in [0.29, 0.717) is 32.2 Å². The molecular formula is C58H100N8O11. The van der Waals surface area contributed by atoms with Gasteiger partial charge in [0.2, 0.25) is 41.4 Å². The van der Waals surface area contributed by atoms with Crippen LogP contribution in [0.1, 0.15) is 230 Å². The quantitative estimate of drug-likeness (QED) is 0.0457. The molecule has 4 rings (SSSR count). The molecule has 438 valence electrons. The summed E-state index contributed by atoms with van der Waals surface area (Å²) in [5.41, 5.74) is -7.83. The average Bonchev–Trinajstić information content (AvgIpc) is 3.33. The lowest BCUT2D eigenvalue weighted by atomic mass is 9.71. The molecule has 0 bridgehead atoms. The van der Waals surface area contributed by atoms with E-state index in [-0.39, 0.29) is 80.8 Å². The summed E-state index contributed by atoms with van der Waals surface area (Å²) in [7, 11) is 1.27. The van der Waals surface area contributed by atoms with Gasteiger partial charge in [-0.3, -0.25) is 33.6 Å². The third-order valence-electron chi connectivity index (χ3n) is 16.9. The topological polar surface area (TPSA) is 268 Å². The molecule has 4 aliphatic carbocycles. The fourth-order valence-corrected chi connectivity index (χ4v) is 12.3. The van der Waals surface area contributed by atoms with Crippen LogP contribution in [0, 0.1) is 21.7 Å². The maximum Gasteiger partial charge on any atom is 0.407 e. The summed E-state index contributed by atoms with van der Waals surface area (Å²) >= 11 is 0. The van der Waals surface area contributed by atoms with Crippen LogP contribution in [0.25, 0.3) is 0 Å². The maximum atomic E-state index is 14.0. The number of carbonyl (C=O) groups is 9. The van der Waals surface area contributed by atoms with Crippen molar-refractivity contribution in [3.63, 3.8) is 0 Å². The molecule has 19 nitrogen and oxygen atoms in total. The molecule has 4 fully saturated rings. The van der Waals surface area contributed by atoms with Crippen LogP contribution < -0.4 is 42.5 Å². The monoisotopic (exact) mass is 1080 g/mol. The van der Waals surface area contributed by atoms with Crippen molar-refractivity contribution in [3.05, 3.63) is 0 Å². The molecule has 0 saturated heterocycles. The first-order chi connectivity index (χ1) is 35.7. The number of ether oxygens (including phenoxy) is 2. The fraction of sp³-hybridized carbons (Fsp3) is 0.845. The van der Waals surface area contributed by atoms with Gasteiger partial charge in [0.15, 0.2) is 0 Å². The second-order valence-electron chi connectivity index (χ2n) is 27.0. The summed E-state index contributed by atoms with van der Waals surface area (Å²) in [6, 6.07) is 0. The number of esters is 1. The molecular weight excluding hydrogens is 985 g/mol. The molecule has 8 N–H and O–H groups in total. The number of carbonyl (C=O) groups excluding carboxylic acids is 9. The Hall–Kier alpha value is -4.97. The lowest BCUT2D eigenvalue weighted by Crippen LogP contribution is -2.59. The Bertz CT molecular complexity index is 2090. The van der Waals surface area contributed by atoms with E-state index in [1.165, 1.54) is 7.11 Å². The minimum Gasteiger partial charge on any atom is -0.467 e. The molecule has 0 aromatic carbocycles. The highest BCUT2D eigenvalue weighted by Gasteiger charge is 2.44. The minimum atomic E-state index is -1.31. The number of alkyl carbamates (subject to hydrolysis) is 1. The first-order valence-corrected chi connectivity index (χ1v) is 28.8. The van der Waals surface area contributed by atoms with E-state index in [4.69, 9.17) is 9.47 Å². The van der Waals surface area contributed by atoms with Gasteiger partial charge in [-0.1, -0.05) is 77.0 Å². The van der Waals surface area contributed by atoms with Crippen LogP contribution in [0.3, 0.4) is 0 Å². The van der Waals surface area contributed by atoms with Crippen LogP contribution in [-0.2, 0) is 47.8 Å². The zero-order valence-electron chi connectivity index (χ0n) is 49.3. The van der Waals surface area contributed by atoms with Crippen molar-refractivity contribution in [1.29, 1.82) is 0 Å². The molecule has 0 heterocycles. The molecule has 0 aromatic heterocycles. The van der Waals surface area contributed by atoms with Crippen LogP contribution in [-0.4, -0.2) is 114 Å². The average molecular weight is 1090 g/mol. The zero-order valence-corrected chi connectivity index (χ0v) is 49.3. The van der Waals surface area contributed by atoms with Crippen molar-refractivity contribution < 1.29 is 52.6 Å². The number of amides is 8. The molecule has 8 amide bonds. The molecule has 4 aliphatic rings. The fourth-order valence-electron chi connectivity index (χ4n) is 12.3. The van der Waals surface area contributed by atoms with E-state index in [1.807, 2.05) is 0 Å². The standard InChI is InChI=1S/C58H100N8O11/c1-50(2,3)77-49(75)62-40-58(31-23-16-24-32-58)35-43(69)65-53(8,9)47(73)60-38-56(27-19-14-20-28-56)33-41(67)63-51(4,5)45(71)59-37-55(25-17-13-18-26-55)34-42(68)64-52(6,7)46(72)61-39-57(29-21-15-22-30-57)36-44(70)66-54(10,11)48(74)76-12/h13-40H2,1-12H3,(H,59,71)(H,60,73)(H,61,72)(H,62,75)(H,63,67)(H,64,68)(H,65,69)(H,66,70). The van der Waals surface area contributed by atoms with Crippen molar-refractivity contribution in [1.82, 2.24) is 42.5 Å². The summed E-state index contributed by atoms with van der Waals surface area (Å²) < 4.78 is 10.3. The SMILES string of the molecule is COC(=O)C(C)(C)NC(=O)CC1(CNC(=O)C(C)(C)NC(=O)CC2(CNC(=O)C(C)(C)NC(=O)CC3(CNC(=O)C(C)(C)NC(=O)CC4(CNC(=O)OC(C)(C)C)CCCCC4)CCCCC3)CCCCC2)CCCCC1. The second-order valence-corrected chi connectivity index (χ2v) is 27.0. The number of hydrogen-bond acceptors (Lipinski definition) is 11. The van der Waals surface area contributed by atoms with Gasteiger partial charge in [0.1, 0.15) is 27.8 Å². The van der Waals surface area contributed by atoms with Crippen molar-refractivity contribution in [2.45, 2.75) is 258 Å². The first-order valence-electron chi connectivity index (χ1n) is 28.8. The first kappa shape index (κ1) is 64.6. The van der Waals surface area contributed by atoms with Gasteiger partial charge < -0.3 is 52.0 Å². The van der Waals surface area contributed by atoms with E-state index in [1.54, 1.807) is 76.2 Å².